The standard InChI is InChI=1S/C11H18N2O4.C6H10N2O2.C5H7NO3.ClH/c1-10(2,3)17-9(16)13-6-7(14)11(4-5-11)8(12)15;7-3-4(9)6(1-2-6)5(8)10;6-3(7)5(1-2-5)4(8)9;/h4-6H2,1-3H3,(H2,12,15)(H,13,16);1-3,7H2,(H2,8,10);1-2H2,(H2,6,7)(H,8,9);1H. The van der Waals surface area contributed by atoms with Gasteiger partial charge in [-0.3, -0.25) is 28.8 Å². The largest absolute Gasteiger partial charge is 0.480 e. The van der Waals surface area contributed by atoms with Crippen LogP contribution in [0.5, 0.6) is 0 Å². The van der Waals surface area contributed by atoms with Crippen molar-refractivity contribution in [2.45, 2.75) is 64.9 Å². The zero-order valence-corrected chi connectivity index (χ0v) is 21.9. The van der Waals surface area contributed by atoms with Gasteiger partial charge in [-0.05, 0) is 59.3 Å². The van der Waals surface area contributed by atoms with Crippen molar-refractivity contribution in [3.8, 4) is 0 Å². The lowest BCUT2D eigenvalue weighted by atomic mass is 10.0. The summed E-state index contributed by atoms with van der Waals surface area (Å²) in [6.07, 6.45) is 2.23. The first-order chi connectivity index (χ1) is 16.4. The van der Waals surface area contributed by atoms with Gasteiger partial charge in [0.2, 0.25) is 17.7 Å². The van der Waals surface area contributed by atoms with Crippen LogP contribution in [0.2, 0.25) is 0 Å². The van der Waals surface area contributed by atoms with Crippen LogP contribution >= 0.6 is 12.4 Å². The smallest absolute Gasteiger partial charge is 0.408 e. The molecule has 10 N–H and O–H groups in total. The molecule has 0 saturated heterocycles. The predicted molar refractivity (Wildman–Crippen MR) is 131 cm³/mol. The number of Topliss-reactive ketones (excluding diaryl/α,β-unsaturated/α-hetero) is 2. The number of ether oxygens (including phenoxy) is 1. The lowest BCUT2D eigenvalue weighted by molar-refractivity contribution is -0.148. The molecule has 15 heteroatoms. The van der Waals surface area contributed by atoms with Gasteiger partial charge in [-0.25, -0.2) is 4.79 Å². The maximum atomic E-state index is 11.7. The maximum Gasteiger partial charge on any atom is 0.408 e. The van der Waals surface area contributed by atoms with Crippen LogP contribution in [0.4, 0.5) is 4.79 Å². The number of nitrogens with one attached hydrogen (secondary N) is 1. The Labute approximate surface area is 219 Å². The van der Waals surface area contributed by atoms with Crippen molar-refractivity contribution in [1.29, 1.82) is 0 Å². The number of carboxylic acid groups (broad SMARTS) is 1. The first kappa shape index (κ1) is 33.7. The van der Waals surface area contributed by atoms with E-state index in [0.29, 0.717) is 38.5 Å². The summed E-state index contributed by atoms with van der Waals surface area (Å²) < 4.78 is 4.96. The van der Waals surface area contributed by atoms with E-state index in [1.807, 2.05) is 0 Å². The number of carboxylic acids is 1. The van der Waals surface area contributed by atoms with Crippen molar-refractivity contribution < 1.29 is 43.4 Å². The molecule has 14 nitrogen and oxygen atoms in total. The summed E-state index contributed by atoms with van der Waals surface area (Å²) in [5.41, 5.74) is 16.3. The summed E-state index contributed by atoms with van der Waals surface area (Å²) in [6, 6.07) is 0. The number of hydrogen-bond donors (Lipinski definition) is 6. The third kappa shape index (κ3) is 8.67. The molecule has 4 amide bonds. The van der Waals surface area contributed by atoms with Crippen LogP contribution in [0.25, 0.3) is 0 Å². The predicted octanol–water partition coefficient (Wildman–Crippen LogP) is -1.12. The number of alkyl carbamates (subject to hydrolysis) is 1. The molecule has 3 aliphatic rings. The highest BCUT2D eigenvalue weighted by Gasteiger charge is 2.56. The van der Waals surface area contributed by atoms with Crippen LogP contribution in [0.15, 0.2) is 0 Å². The maximum absolute atomic E-state index is 11.7. The van der Waals surface area contributed by atoms with Crippen molar-refractivity contribution in [1.82, 2.24) is 5.32 Å². The molecule has 3 aliphatic carbocycles. The summed E-state index contributed by atoms with van der Waals surface area (Å²) in [6.45, 7) is 4.86. The van der Waals surface area contributed by atoms with Gasteiger partial charge < -0.3 is 38.1 Å². The molecule has 3 fully saturated rings. The Hall–Kier alpha value is -3.26. The number of carbonyl (C=O) groups excluding carboxylic acids is 6. The minimum Gasteiger partial charge on any atom is -0.480 e. The van der Waals surface area contributed by atoms with E-state index >= 15 is 0 Å². The van der Waals surface area contributed by atoms with Crippen molar-refractivity contribution in [2.75, 3.05) is 13.1 Å². The minimum atomic E-state index is -1.19. The SMILES string of the molecule is CC(C)(C)OC(=O)NCC(=O)C1(C(N)=O)CC1.Cl.NC(=O)C1(C(=O)O)CC1.NCC(=O)C1(C(N)=O)CC1. The van der Waals surface area contributed by atoms with E-state index in [-0.39, 0.29) is 37.1 Å². The number of halogens is 1. The monoisotopic (exact) mass is 549 g/mol. The quantitative estimate of drug-likeness (QED) is 0.188. The van der Waals surface area contributed by atoms with Gasteiger partial charge in [0.15, 0.2) is 11.6 Å². The molecule has 210 valence electrons. The third-order valence-corrected chi connectivity index (χ3v) is 6.12. The van der Waals surface area contributed by atoms with Crippen LogP contribution in [0, 0.1) is 16.2 Å². The van der Waals surface area contributed by atoms with Crippen molar-refractivity contribution in [3.63, 3.8) is 0 Å². The fourth-order valence-corrected chi connectivity index (χ4v) is 3.10. The molecule has 3 rings (SSSR count). The Balaban J connectivity index is 0.000000555. The molecule has 0 radical (unpaired) electrons. The van der Waals surface area contributed by atoms with E-state index < -0.39 is 51.6 Å². The first-order valence-electron chi connectivity index (χ1n) is 11.3. The van der Waals surface area contributed by atoms with Gasteiger partial charge in [0, 0.05) is 0 Å². The second-order valence-electron chi connectivity index (χ2n) is 10.1. The summed E-state index contributed by atoms with van der Waals surface area (Å²) >= 11 is 0. The summed E-state index contributed by atoms with van der Waals surface area (Å²) in [5.74, 6) is -3.52. The van der Waals surface area contributed by atoms with Crippen molar-refractivity contribution in [2.24, 2.45) is 39.2 Å². The number of carbonyl (C=O) groups is 7. The highest BCUT2D eigenvalue weighted by atomic mass is 35.5. The third-order valence-electron chi connectivity index (χ3n) is 6.12. The average Bonchev–Trinajstić information content (AvgIpc) is 3.64. The average molecular weight is 550 g/mol. The second kappa shape index (κ2) is 12.3. The number of aliphatic carboxylic acids is 1. The summed E-state index contributed by atoms with van der Waals surface area (Å²) in [4.78, 5) is 76.1. The molecule has 0 unspecified atom stereocenters. The van der Waals surface area contributed by atoms with Crippen molar-refractivity contribution >= 4 is 53.8 Å². The minimum absolute atomic E-state index is 0. The van der Waals surface area contributed by atoms with Gasteiger partial charge in [-0.1, -0.05) is 0 Å². The molecule has 0 aliphatic heterocycles. The number of nitrogens with two attached hydrogens (primary N) is 4. The summed E-state index contributed by atoms with van der Waals surface area (Å²) in [7, 11) is 0. The lowest BCUT2D eigenvalue weighted by Gasteiger charge is -2.20. The molecule has 0 heterocycles. The first-order valence-corrected chi connectivity index (χ1v) is 11.3. The normalized spacial score (nSPS) is 18.4. The molecule has 0 atom stereocenters. The van der Waals surface area contributed by atoms with Gasteiger partial charge in [0.05, 0.1) is 13.1 Å². The van der Waals surface area contributed by atoms with Gasteiger partial charge in [0.25, 0.3) is 0 Å². The Morgan fingerprint density at radius 1 is 0.757 bits per heavy atom. The van der Waals surface area contributed by atoms with Gasteiger partial charge in [0.1, 0.15) is 21.8 Å². The number of primary amides is 3. The second-order valence-corrected chi connectivity index (χ2v) is 10.1. The highest BCUT2D eigenvalue weighted by Crippen LogP contribution is 2.46. The van der Waals surface area contributed by atoms with E-state index in [4.69, 9.17) is 32.8 Å². The van der Waals surface area contributed by atoms with Gasteiger partial charge >= 0.3 is 12.1 Å². The molecule has 37 heavy (non-hydrogen) atoms. The van der Waals surface area contributed by atoms with Crippen LogP contribution < -0.4 is 28.3 Å². The molecular formula is C22H36ClN5O9. The van der Waals surface area contributed by atoms with Gasteiger partial charge in [-0.2, -0.15) is 0 Å². The van der Waals surface area contributed by atoms with E-state index in [0.717, 1.165) is 0 Å². The van der Waals surface area contributed by atoms with Crippen LogP contribution in [0.3, 0.4) is 0 Å². The van der Waals surface area contributed by atoms with Crippen LogP contribution in [-0.2, 0) is 33.5 Å². The fourth-order valence-electron chi connectivity index (χ4n) is 3.10. The van der Waals surface area contributed by atoms with Crippen LogP contribution in [0.1, 0.15) is 59.3 Å². The number of amides is 4. The Kier molecular flexibility index (Phi) is 11.2. The lowest BCUT2D eigenvalue weighted by Crippen LogP contribution is -2.41. The highest BCUT2D eigenvalue weighted by molar-refractivity contribution is 6.10. The van der Waals surface area contributed by atoms with Gasteiger partial charge in [-0.15, -0.1) is 12.4 Å². The topological polar surface area (TPSA) is 265 Å². The molecule has 0 bridgehead atoms. The van der Waals surface area contributed by atoms with E-state index in [1.54, 1.807) is 20.8 Å². The summed E-state index contributed by atoms with van der Waals surface area (Å²) in [5, 5.41) is 10.7. The molecule has 0 aromatic carbocycles. The zero-order valence-electron chi connectivity index (χ0n) is 21.1. The Bertz CT molecular complexity index is 933. The number of hydrogen-bond acceptors (Lipinski definition) is 9. The fraction of sp³-hybridized carbons (Fsp3) is 0.682. The number of rotatable bonds is 9. The molecule has 3 saturated carbocycles. The Morgan fingerprint density at radius 2 is 1.11 bits per heavy atom. The molecule has 0 spiro atoms. The van der Waals surface area contributed by atoms with E-state index in [1.165, 1.54) is 0 Å². The Morgan fingerprint density at radius 3 is 1.30 bits per heavy atom. The molecule has 0 aromatic rings. The molecular weight excluding hydrogens is 514 g/mol. The zero-order chi connectivity index (χ0) is 28.1. The molecule has 0 aromatic heterocycles. The number of ketones is 2. The van der Waals surface area contributed by atoms with E-state index in [9.17, 15) is 33.6 Å². The van der Waals surface area contributed by atoms with Crippen LogP contribution in [-0.4, -0.2) is 65.1 Å². The van der Waals surface area contributed by atoms with Crippen molar-refractivity contribution in [3.05, 3.63) is 0 Å². The van der Waals surface area contributed by atoms with E-state index in [2.05, 4.69) is 5.32 Å².